The van der Waals surface area contributed by atoms with E-state index in [-0.39, 0.29) is 5.78 Å². The first-order chi connectivity index (χ1) is 9.18. The van der Waals surface area contributed by atoms with Crippen LogP contribution in [0.15, 0.2) is 52.3 Å². The van der Waals surface area contributed by atoms with Crippen LogP contribution < -0.4 is 0 Å². The van der Waals surface area contributed by atoms with Crippen molar-refractivity contribution in [2.24, 2.45) is 0 Å². The van der Waals surface area contributed by atoms with E-state index in [4.69, 9.17) is 0 Å². The number of halogens is 1. The minimum absolute atomic E-state index is 0.108. The molecule has 0 saturated carbocycles. The number of thiophene rings is 1. The molecule has 0 aliphatic rings. The highest BCUT2D eigenvalue weighted by Gasteiger charge is 2.16. The predicted molar refractivity (Wildman–Crippen MR) is 84.1 cm³/mol. The Morgan fingerprint density at radius 2 is 1.79 bits per heavy atom. The van der Waals surface area contributed by atoms with E-state index in [0.717, 1.165) is 31.2 Å². The van der Waals surface area contributed by atoms with Gasteiger partial charge in [0.2, 0.25) is 5.78 Å². The highest BCUT2D eigenvalue weighted by Crippen LogP contribution is 2.29. The van der Waals surface area contributed by atoms with Gasteiger partial charge in [-0.15, -0.1) is 11.3 Å². The number of ketones is 1. The summed E-state index contributed by atoms with van der Waals surface area (Å²) in [5.41, 5.74) is 1.81. The Balaban J connectivity index is 2.24. The zero-order valence-corrected chi connectivity index (χ0v) is 12.7. The van der Waals surface area contributed by atoms with E-state index in [9.17, 15) is 4.79 Å². The van der Waals surface area contributed by atoms with Gasteiger partial charge >= 0.3 is 0 Å². The van der Waals surface area contributed by atoms with Crippen LogP contribution in [-0.2, 0) is 0 Å². The molecule has 0 spiro atoms. The Morgan fingerprint density at radius 1 is 1.05 bits per heavy atom. The van der Waals surface area contributed by atoms with Gasteiger partial charge in [0.1, 0.15) is 0 Å². The van der Waals surface area contributed by atoms with Crippen molar-refractivity contribution in [3.63, 3.8) is 0 Å². The van der Waals surface area contributed by atoms with Crippen molar-refractivity contribution in [3.8, 4) is 0 Å². The first-order valence-corrected chi connectivity index (χ1v) is 7.62. The summed E-state index contributed by atoms with van der Waals surface area (Å²) in [5, 5.41) is 4.03. The van der Waals surface area contributed by atoms with Crippen LogP contribution in [0, 0.1) is 6.92 Å². The second kappa shape index (κ2) is 4.91. The van der Waals surface area contributed by atoms with Crippen LogP contribution >= 0.6 is 27.3 Å². The lowest BCUT2D eigenvalue weighted by Gasteiger charge is -2.07. The normalized spacial score (nSPS) is 10.8. The maximum atomic E-state index is 12.6. The zero-order chi connectivity index (χ0) is 13.4. The Kier molecular flexibility index (Phi) is 3.25. The molecule has 0 N–H and O–H groups in total. The molecule has 3 heteroatoms. The molecule has 19 heavy (non-hydrogen) atoms. The average Bonchev–Trinajstić information content (AvgIpc) is 2.85. The third kappa shape index (κ3) is 2.13. The molecule has 0 unspecified atom stereocenters. The fraction of sp³-hybridized carbons (Fsp3) is 0.0625. The maximum Gasteiger partial charge on any atom is 0.203 e. The molecular formula is C16H11BrOS. The van der Waals surface area contributed by atoms with Crippen molar-refractivity contribution in [1.29, 1.82) is 0 Å². The summed E-state index contributed by atoms with van der Waals surface area (Å²) >= 11 is 5.04. The summed E-state index contributed by atoms with van der Waals surface area (Å²) in [6, 6.07) is 13.8. The zero-order valence-electron chi connectivity index (χ0n) is 10.3. The molecule has 3 aromatic rings. The minimum Gasteiger partial charge on any atom is -0.288 e. The van der Waals surface area contributed by atoms with Crippen LogP contribution in [0.5, 0.6) is 0 Å². The van der Waals surface area contributed by atoms with Gasteiger partial charge in [-0.25, -0.2) is 0 Å². The lowest BCUT2D eigenvalue weighted by atomic mass is 10.00. The van der Waals surface area contributed by atoms with Gasteiger partial charge in [-0.2, -0.15) is 0 Å². The number of rotatable bonds is 2. The molecular weight excluding hydrogens is 320 g/mol. The topological polar surface area (TPSA) is 17.1 Å². The molecule has 0 fully saturated rings. The third-order valence-corrected chi connectivity index (χ3v) is 4.89. The SMILES string of the molecule is Cc1ccsc1C(=O)c1ccc(Br)c2ccccc12. The quantitative estimate of drug-likeness (QED) is 0.590. The summed E-state index contributed by atoms with van der Waals surface area (Å²) in [7, 11) is 0. The van der Waals surface area contributed by atoms with E-state index < -0.39 is 0 Å². The summed E-state index contributed by atoms with van der Waals surface area (Å²) in [6.07, 6.45) is 0. The van der Waals surface area contributed by atoms with Gasteiger partial charge in [-0.05, 0) is 46.8 Å². The monoisotopic (exact) mass is 330 g/mol. The van der Waals surface area contributed by atoms with Gasteiger partial charge in [0.15, 0.2) is 0 Å². The molecule has 2 aromatic carbocycles. The highest BCUT2D eigenvalue weighted by atomic mass is 79.9. The molecule has 0 bridgehead atoms. The molecule has 0 amide bonds. The van der Waals surface area contributed by atoms with Crippen LogP contribution in [0.25, 0.3) is 10.8 Å². The second-order valence-electron chi connectivity index (χ2n) is 4.40. The summed E-state index contributed by atoms with van der Waals surface area (Å²) < 4.78 is 1.02. The largest absolute Gasteiger partial charge is 0.288 e. The highest BCUT2D eigenvalue weighted by molar-refractivity contribution is 9.10. The molecule has 94 valence electrons. The first kappa shape index (κ1) is 12.6. The average molecular weight is 331 g/mol. The van der Waals surface area contributed by atoms with E-state index in [1.54, 1.807) is 0 Å². The fourth-order valence-electron chi connectivity index (χ4n) is 2.19. The fourth-order valence-corrected chi connectivity index (χ4v) is 3.55. The van der Waals surface area contributed by atoms with Gasteiger partial charge in [0.05, 0.1) is 4.88 Å². The first-order valence-electron chi connectivity index (χ1n) is 5.94. The van der Waals surface area contributed by atoms with E-state index >= 15 is 0 Å². The Morgan fingerprint density at radius 3 is 2.47 bits per heavy atom. The standard InChI is InChI=1S/C16H11BrOS/c1-10-8-9-19-16(10)15(18)13-6-7-14(17)12-5-3-2-4-11(12)13/h2-9H,1H3. The molecule has 0 atom stereocenters. The molecule has 0 radical (unpaired) electrons. The van der Waals surface area contributed by atoms with Gasteiger partial charge in [-0.1, -0.05) is 40.2 Å². The molecule has 0 saturated heterocycles. The number of fused-ring (bicyclic) bond motifs is 1. The van der Waals surface area contributed by atoms with Crippen LogP contribution in [0.4, 0.5) is 0 Å². The van der Waals surface area contributed by atoms with Crippen molar-refractivity contribution in [2.45, 2.75) is 6.92 Å². The lowest BCUT2D eigenvalue weighted by Crippen LogP contribution is -2.01. The second-order valence-corrected chi connectivity index (χ2v) is 6.17. The van der Waals surface area contributed by atoms with Crippen molar-refractivity contribution >= 4 is 43.8 Å². The Bertz CT molecular complexity index is 773. The molecule has 0 aliphatic carbocycles. The molecule has 0 aliphatic heterocycles. The molecule has 1 nitrogen and oxygen atoms in total. The van der Waals surface area contributed by atoms with E-state index in [0.29, 0.717) is 0 Å². The summed E-state index contributed by atoms with van der Waals surface area (Å²) in [5.74, 6) is 0.108. The van der Waals surface area contributed by atoms with Crippen molar-refractivity contribution in [3.05, 3.63) is 68.3 Å². The predicted octanol–water partition coefficient (Wildman–Crippen LogP) is 5.20. The number of carbonyl (C=O) groups is 1. The van der Waals surface area contributed by atoms with E-state index in [1.807, 2.05) is 54.8 Å². The van der Waals surface area contributed by atoms with Crippen LogP contribution in [-0.4, -0.2) is 5.78 Å². The van der Waals surface area contributed by atoms with Gasteiger partial charge < -0.3 is 0 Å². The molecule has 1 aromatic heterocycles. The van der Waals surface area contributed by atoms with Gasteiger partial charge in [0, 0.05) is 10.0 Å². The maximum absolute atomic E-state index is 12.6. The number of aryl methyl sites for hydroxylation is 1. The van der Waals surface area contributed by atoms with E-state index in [2.05, 4.69) is 15.9 Å². The van der Waals surface area contributed by atoms with E-state index in [1.165, 1.54) is 11.3 Å². The van der Waals surface area contributed by atoms with Gasteiger partial charge in [0.25, 0.3) is 0 Å². The Hall–Kier alpha value is -1.45. The number of carbonyl (C=O) groups excluding carboxylic acids is 1. The van der Waals surface area contributed by atoms with Gasteiger partial charge in [-0.3, -0.25) is 4.79 Å². The minimum atomic E-state index is 0.108. The van der Waals surface area contributed by atoms with Crippen molar-refractivity contribution in [2.75, 3.05) is 0 Å². The Labute approximate surface area is 124 Å². The third-order valence-electron chi connectivity index (χ3n) is 3.18. The van der Waals surface area contributed by atoms with Crippen molar-refractivity contribution in [1.82, 2.24) is 0 Å². The number of benzene rings is 2. The summed E-state index contributed by atoms with van der Waals surface area (Å²) in [6.45, 7) is 1.98. The molecule has 3 rings (SSSR count). The van der Waals surface area contributed by atoms with Crippen LogP contribution in [0.1, 0.15) is 20.8 Å². The van der Waals surface area contributed by atoms with Crippen LogP contribution in [0.2, 0.25) is 0 Å². The number of hydrogen-bond acceptors (Lipinski definition) is 2. The summed E-state index contributed by atoms with van der Waals surface area (Å²) in [4.78, 5) is 13.5. The molecule has 1 heterocycles. The van der Waals surface area contributed by atoms with Crippen LogP contribution in [0.3, 0.4) is 0 Å². The van der Waals surface area contributed by atoms with Crippen molar-refractivity contribution < 1.29 is 4.79 Å². The smallest absolute Gasteiger partial charge is 0.203 e. The lowest BCUT2D eigenvalue weighted by molar-refractivity contribution is 0.104. The number of hydrogen-bond donors (Lipinski definition) is 0.